The molecule has 1 atom stereocenters. The molecule has 2 heterocycles. The van der Waals surface area contributed by atoms with Gasteiger partial charge in [-0.1, -0.05) is 25.9 Å². The molecule has 2 fully saturated rings. The normalized spacial score (nSPS) is 31.6. The number of nitrogens with one attached hydrogen (secondary N) is 1. The van der Waals surface area contributed by atoms with Crippen LogP contribution >= 0.6 is 0 Å². The maximum absolute atomic E-state index is 5.49. The predicted molar refractivity (Wildman–Crippen MR) is 78.7 cm³/mol. The molecule has 1 unspecified atom stereocenters. The van der Waals surface area contributed by atoms with Crippen LogP contribution in [0.3, 0.4) is 0 Å². The maximum atomic E-state index is 5.49. The van der Waals surface area contributed by atoms with E-state index in [4.69, 9.17) is 4.52 Å². The molecule has 4 nitrogen and oxygen atoms in total. The van der Waals surface area contributed by atoms with Crippen molar-refractivity contribution in [2.45, 2.75) is 64.7 Å². The highest BCUT2D eigenvalue weighted by Gasteiger charge is 2.32. The lowest BCUT2D eigenvalue weighted by Crippen LogP contribution is -2.25. The van der Waals surface area contributed by atoms with Crippen molar-refractivity contribution in [3.63, 3.8) is 0 Å². The van der Waals surface area contributed by atoms with Gasteiger partial charge in [-0.3, -0.25) is 0 Å². The molecular weight excluding hydrogens is 250 g/mol. The lowest BCUT2D eigenvalue weighted by molar-refractivity contribution is 0.166. The van der Waals surface area contributed by atoms with Gasteiger partial charge in [0.05, 0.1) is 5.92 Å². The van der Waals surface area contributed by atoms with Gasteiger partial charge in [0, 0.05) is 12.5 Å². The second-order valence-corrected chi connectivity index (χ2v) is 7.60. The standard InChI is InChI=1S/C16H27N3O/c1-16(2,3)13-6-4-11(5-7-13)14-18-15(20-19-14)12-8-9-17-10-12/h11-13,17H,4-10H2,1-3H3. The van der Waals surface area contributed by atoms with E-state index in [1.807, 2.05) is 0 Å². The van der Waals surface area contributed by atoms with Crippen LogP contribution in [0.25, 0.3) is 0 Å². The van der Waals surface area contributed by atoms with Gasteiger partial charge in [-0.25, -0.2) is 0 Å². The molecule has 4 heteroatoms. The van der Waals surface area contributed by atoms with Crippen molar-refractivity contribution in [2.75, 3.05) is 13.1 Å². The third kappa shape index (κ3) is 2.90. The molecule has 0 amide bonds. The summed E-state index contributed by atoms with van der Waals surface area (Å²) in [4.78, 5) is 4.69. The summed E-state index contributed by atoms with van der Waals surface area (Å²) in [5, 5.41) is 7.61. The van der Waals surface area contributed by atoms with Crippen molar-refractivity contribution in [1.82, 2.24) is 15.5 Å². The molecule has 0 spiro atoms. The third-order valence-corrected chi connectivity index (χ3v) is 5.18. The Morgan fingerprint density at radius 1 is 1.05 bits per heavy atom. The van der Waals surface area contributed by atoms with E-state index in [-0.39, 0.29) is 0 Å². The Labute approximate surface area is 121 Å². The van der Waals surface area contributed by atoms with Gasteiger partial charge in [0.1, 0.15) is 0 Å². The van der Waals surface area contributed by atoms with Gasteiger partial charge in [-0.2, -0.15) is 4.98 Å². The first-order valence-corrected chi connectivity index (χ1v) is 8.08. The number of hydrogen-bond donors (Lipinski definition) is 1. The molecule has 112 valence electrons. The fourth-order valence-electron chi connectivity index (χ4n) is 3.66. The molecule has 1 aromatic heterocycles. The van der Waals surface area contributed by atoms with Crippen LogP contribution in [0.5, 0.6) is 0 Å². The SMILES string of the molecule is CC(C)(C)C1CCC(c2noc(C3CCNC3)n2)CC1. The summed E-state index contributed by atoms with van der Waals surface area (Å²) in [6, 6.07) is 0. The molecular formula is C16H27N3O. The van der Waals surface area contributed by atoms with Gasteiger partial charge in [0.2, 0.25) is 5.89 Å². The molecule has 20 heavy (non-hydrogen) atoms. The monoisotopic (exact) mass is 277 g/mol. The summed E-state index contributed by atoms with van der Waals surface area (Å²) < 4.78 is 5.49. The zero-order valence-electron chi connectivity index (χ0n) is 13.0. The molecule has 2 aliphatic rings. The smallest absolute Gasteiger partial charge is 0.231 e. The first kappa shape index (κ1) is 14.1. The Hall–Kier alpha value is -0.900. The Morgan fingerprint density at radius 2 is 1.80 bits per heavy atom. The van der Waals surface area contributed by atoms with Crippen molar-refractivity contribution in [1.29, 1.82) is 0 Å². The van der Waals surface area contributed by atoms with Crippen LogP contribution in [-0.2, 0) is 0 Å². The van der Waals surface area contributed by atoms with E-state index in [0.717, 1.165) is 37.1 Å². The lowest BCUT2D eigenvalue weighted by atomic mass is 9.70. The molecule has 0 bridgehead atoms. The second-order valence-electron chi connectivity index (χ2n) is 7.60. The van der Waals surface area contributed by atoms with Gasteiger partial charge in [0.25, 0.3) is 0 Å². The van der Waals surface area contributed by atoms with Gasteiger partial charge >= 0.3 is 0 Å². The van der Waals surface area contributed by atoms with Crippen molar-refractivity contribution in [3.05, 3.63) is 11.7 Å². The lowest BCUT2D eigenvalue weighted by Gasteiger charge is -2.36. The Kier molecular flexibility index (Phi) is 3.85. The Morgan fingerprint density at radius 3 is 2.40 bits per heavy atom. The topological polar surface area (TPSA) is 51.0 Å². The zero-order valence-corrected chi connectivity index (χ0v) is 13.0. The molecule has 1 aliphatic carbocycles. The van der Waals surface area contributed by atoms with E-state index in [1.54, 1.807) is 0 Å². The summed E-state index contributed by atoms with van der Waals surface area (Å²) in [6.07, 6.45) is 6.14. The summed E-state index contributed by atoms with van der Waals surface area (Å²) in [5.41, 5.74) is 0.433. The van der Waals surface area contributed by atoms with Crippen LogP contribution in [0.2, 0.25) is 0 Å². The number of nitrogens with zero attached hydrogens (tertiary/aromatic N) is 2. The van der Waals surface area contributed by atoms with Crippen molar-refractivity contribution >= 4 is 0 Å². The van der Waals surface area contributed by atoms with E-state index < -0.39 is 0 Å². The van der Waals surface area contributed by atoms with Gasteiger partial charge in [-0.15, -0.1) is 0 Å². The highest BCUT2D eigenvalue weighted by Crippen LogP contribution is 2.42. The van der Waals surface area contributed by atoms with Crippen molar-refractivity contribution in [3.8, 4) is 0 Å². The van der Waals surface area contributed by atoms with E-state index in [9.17, 15) is 0 Å². The quantitative estimate of drug-likeness (QED) is 0.899. The molecule has 1 saturated heterocycles. The molecule has 3 rings (SSSR count). The van der Waals surface area contributed by atoms with Crippen LogP contribution < -0.4 is 5.32 Å². The average Bonchev–Trinajstić information content (AvgIpc) is 3.09. The predicted octanol–water partition coefficient (Wildman–Crippen LogP) is 3.47. The van der Waals surface area contributed by atoms with Crippen molar-refractivity contribution in [2.24, 2.45) is 11.3 Å². The van der Waals surface area contributed by atoms with Crippen LogP contribution in [-0.4, -0.2) is 23.2 Å². The van der Waals surface area contributed by atoms with Gasteiger partial charge < -0.3 is 9.84 Å². The summed E-state index contributed by atoms with van der Waals surface area (Å²) in [6.45, 7) is 9.13. The fraction of sp³-hybridized carbons (Fsp3) is 0.875. The first-order valence-electron chi connectivity index (χ1n) is 8.08. The molecule has 0 radical (unpaired) electrons. The minimum Gasteiger partial charge on any atom is -0.339 e. The van der Waals surface area contributed by atoms with Crippen molar-refractivity contribution < 1.29 is 4.52 Å². The van der Waals surface area contributed by atoms with Gasteiger partial charge in [-0.05, 0) is 50.0 Å². The largest absolute Gasteiger partial charge is 0.339 e. The summed E-state index contributed by atoms with van der Waals surface area (Å²) in [5.74, 6) is 3.59. The number of hydrogen-bond acceptors (Lipinski definition) is 4. The van der Waals surface area contributed by atoms with E-state index in [2.05, 4.69) is 36.2 Å². The van der Waals surface area contributed by atoms with E-state index in [0.29, 0.717) is 17.3 Å². The minimum absolute atomic E-state index is 0.433. The zero-order chi connectivity index (χ0) is 14.2. The maximum Gasteiger partial charge on any atom is 0.231 e. The van der Waals surface area contributed by atoms with Gasteiger partial charge in [0.15, 0.2) is 5.82 Å². The van der Waals surface area contributed by atoms with Crippen LogP contribution in [0, 0.1) is 11.3 Å². The van der Waals surface area contributed by atoms with E-state index >= 15 is 0 Å². The number of aromatic nitrogens is 2. The molecule has 0 aromatic carbocycles. The summed E-state index contributed by atoms with van der Waals surface area (Å²) >= 11 is 0. The van der Waals surface area contributed by atoms with Crippen LogP contribution in [0.1, 0.15) is 76.4 Å². The van der Waals surface area contributed by atoms with Crippen LogP contribution in [0.15, 0.2) is 4.52 Å². The summed E-state index contributed by atoms with van der Waals surface area (Å²) in [7, 11) is 0. The highest BCUT2D eigenvalue weighted by molar-refractivity contribution is 5.03. The Balaban J connectivity index is 1.61. The molecule has 1 saturated carbocycles. The Bertz CT molecular complexity index is 435. The fourth-order valence-corrected chi connectivity index (χ4v) is 3.66. The number of rotatable bonds is 2. The van der Waals surface area contributed by atoms with E-state index in [1.165, 1.54) is 25.7 Å². The van der Waals surface area contributed by atoms with Crippen LogP contribution in [0.4, 0.5) is 0 Å². The minimum atomic E-state index is 0.433. The molecule has 1 aromatic rings. The highest BCUT2D eigenvalue weighted by atomic mass is 16.5. The molecule has 1 N–H and O–H groups in total. The second kappa shape index (κ2) is 5.47. The molecule has 1 aliphatic heterocycles. The first-order chi connectivity index (χ1) is 9.54. The third-order valence-electron chi connectivity index (χ3n) is 5.18. The average molecular weight is 277 g/mol.